The van der Waals surface area contributed by atoms with Crippen molar-refractivity contribution in [1.29, 1.82) is 0 Å². The molecule has 3 aromatic rings. The number of aliphatic imine (C=N–C) groups is 1. The van der Waals surface area contributed by atoms with Gasteiger partial charge >= 0.3 is 0 Å². The molecule has 3 aromatic carbocycles. The molecule has 0 radical (unpaired) electrons. The van der Waals surface area contributed by atoms with Crippen LogP contribution in [0.3, 0.4) is 0 Å². The normalized spacial score (nSPS) is 13.0. The third-order valence-electron chi connectivity index (χ3n) is 4.13. The van der Waals surface area contributed by atoms with E-state index in [2.05, 4.69) is 15.5 Å². The van der Waals surface area contributed by atoms with Crippen molar-refractivity contribution in [2.45, 2.75) is 0 Å². The molecule has 0 bridgehead atoms. The number of benzene rings is 3. The quantitative estimate of drug-likeness (QED) is 0.771. The molecular formula is C21H16FN3O. The Morgan fingerprint density at radius 1 is 0.885 bits per heavy atom. The highest BCUT2D eigenvalue weighted by Crippen LogP contribution is 2.27. The fourth-order valence-corrected chi connectivity index (χ4v) is 2.80. The minimum absolute atomic E-state index is 0.330. The maximum atomic E-state index is 13.9. The first kappa shape index (κ1) is 16.0. The van der Waals surface area contributed by atoms with E-state index in [9.17, 15) is 4.39 Å². The lowest BCUT2D eigenvalue weighted by molar-refractivity contribution is 0.415. The molecule has 0 atom stereocenters. The SMILES string of the molecule is COc1ccc(C2=NNC(c3ccccc3)=Nc3ccc(F)cc32)cc1. The molecule has 26 heavy (non-hydrogen) atoms. The van der Waals surface area contributed by atoms with E-state index >= 15 is 0 Å². The third kappa shape index (κ3) is 3.07. The summed E-state index contributed by atoms with van der Waals surface area (Å²) in [5.74, 6) is 1.03. The summed E-state index contributed by atoms with van der Waals surface area (Å²) >= 11 is 0. The molecule has 0 amide bonds. The highest BCUT2D eigenvalue weighted by molar-refractivity contribution is 6.18. The van der Waals surface area contributed by atoms with Crippen LogP contribution in [0.25, 0.3) is 0 Å². The standard InChI is InChI=1S/C21H16FN3O/c1-26-17-10-7-14(8-11-17)20-18-13-16(22)9-12-19(18)23-21(25-24-20)15-5-3-2-4-6-15/h2-13H,1H3,(H,23,25). The van der Waals surface area contributed by atoms with E-state index in [0.717, 1.165) is 16.9 Å². The lowest BCUT2D eigenvalue weighted by Crippen LogP contribution is -2.19. The van der Waals surface area contributed by atoms with Gasteiger partial charge in [-0.05, 0) is 42.5 Å². The van der Waals surface area contributed by atoms with Crippen molar-refractivity contribution in [2.24, 2.45) is 10.1 Å². The Kier molecular flexibility index (Phi) is 4.19. The summed E-state index contributed by atoms with van der Waals surface area (Å²) in [6.45, 7) is 0. The molecular weight excluding hydrogens is 329 g/mol. The fraction of sp³-hybridized carbons (Fsp3) is 0.0476. The van der Waals surface area contributed by atoms with Gasteiger partial charge in [-0.1, -0.05) is 30.3 Å². The van der Waals surface area contributed by atoms with E-state index in [1.807, 2.05) is 54.6 Å². The van der Waals surface area contributed by atoms with Crippen LogP contribution < -0.4 is 10.2 Å². The molecule has 5 heteroatoms. The summed E-state index contributed by atoms with van der Waals surface area (Å²) in [6, 6.07) is 21.7. The lowest BCUT2D eigenvalue weighted by Gasteiger charge is -2.08. The molecule has 1 N–H and O–H groups in total. The molecule has 4 nitrogen and oxygen atoms in total. The van der Waals surface area contributed by atoms with Crippen molar-refractivity contribution in [3.8, 4) is 5.75 Å². The van der Waals surface area contributed by atoms with Crippen molar-refractivity contribution in [3.05, 3.63) is 95.3 Å². The number of hydrogen-bond acceptors (Lipinski definition) is 4. The number of amidine groups is 1. The van der Waals surface area contributed by atoms with Gasteiger partial charge in [0, 0.05) is 16.7 Å². The Labute approximate surface area is 150 Å². The molecule has 0 saturated heterocycles. The van der Waals surface area contributed by atoms with Gasteiger partial charge in [0.05, 0.1) is 12.8 Å². The highest BCUT2D eigenvalue weighted by Gasteiger charge is 2.18. The smallest absolute Gasteiger partial charge is 0.154 e. The molecule has 1 aliphatic rings. The number of hydrogen-bond donors (Lipinski definition) is 1. The van der Waals surface area contributed by atoms with Crippen LogP contribution in [0.4, 0.5) is 10.1 Å². The number of fused-ring (bicyclic) bond motifs is 1. The second-order valence-electron chi connectivity index (χ2n) is 5.79. The Bertz CT molecular complexity index is 996. The van der Waals surface area contributed by atoms with Crippen LogP contribution >= 0.6 is 0 Å². The minimum Gasteiger partial charge on any atom is -0.497 e. The van der Waals surface area contributed by atoms with Gasteiger partial charge in [-0.25, -0.2) is 9.38 Å². The van der Waals surface area contributed by atoms with Crippen LogP contribution in [-0.4, -0.2) is 18.7 Å². The van der Waals surface area contributed by atoms with Crippen molar-refractivity contribution in [2.75, 3.05) is 7.11 Å². The summed E-state index contributed by atoms with van der Waals surface area (Å²) in [6.07, 6.45) is 0. The van der Waals surface area contributed by atoms with E-state index in [-0.39, 0.29) is 5.82 Å². The van der Waals surface area contributed by atoms with E-state index in [1.54, 1.807) is 13.2 Å². The monoisotopic (exact) mass is 345 g/mol. The van der Waals surface area contributed by atoms with Gasteiger partial charge in [-0.3, -0.25) is 5.43 Å². The number of halogens is 1. The zero-order valence-electron chi connectivity index (χ0n) is 14.1. The molecule has 128 valence electrons. The van der Waals surface area contributed by atoms with Gasteiger partial charge in [0.2, 0.25) is 0 Å². The van der Waals surface area contributed by atoms with Gasteiger partial charge < -0.3 is 4.74 Å². The maximum Gasteiger partial charge on any atom is 0.154 e. The second-order valence-corrected chi connectivity index (χ2v) is 5.79. The molecule has 0 fully saturated rings. The van der Waals surface area contributed by atoms with E-state index in [0.29, 0.717) is 22.8 Å². The van der Waals surface area contributed by atoms with Gasteiger partial charge in [0.25, 0.3) is 0 Å². The average Bonchev–Trinajstić information content (AvgIpc) is 2.88. The number of nitrogens with one attached hydrogen (secondary N) is 1. The number of methoxy groups -OCH3 is 1. The molecule has 0 aromatic heterocycles. The predicted octanol–water partition coefficient (Wildman–Crippen LogP) is 4.27. The first-order valence-electron chi connectivity index (χ1n) is 8.17. The first-order chi connectivity index (χ1) is 12.7. The van der Waals surface area contributed by atoms with Crippen LogP contribution in [0.1, 0.15) is 16.7 Å². The predicted molar refractivity (Wildman–Crippen MR) is 101 cm³/mol. The van der Waals surface area contributed by atoms with E-state index in [1.165, 1.54) is 12.1 Å². The zero-order valence-corrected chi connectivity index (χ0v) is 14.1. The molecule has 0 unspecified atom stereocenters. The van der Waals surface area contributed by atoms with Gasteiger partial charge in [0.15, 0.2) is 5.84 Å². The van der Waals surface area contributed by atoms with Crippen molar-refractivity contribution >= 4 is 17.2 Å². The third-order valence-corrected chi connectivity index (χ3v) is 4.13. The van der Waals surface area contributed by atoms with Crippen molar-refractivity contribution in [1.82, 2.24) is 5.43 Å². The number of hydrazone groups is 1. The minimum atomic E-state index is -0.330. The molecule has 1 aliphatic heterocycles. The van der Waals surface area contributed by atoms with Crippen molar-refractivity contribution in [3.63, 3.8) is 0 Å². The van der Waals surface area contributed by atoms with Gasteiger partial charge in [0.1, 0.15) is 17.3 Å². The molecule has 0 aliphatic carbocycles. The zero-order chi connectivity index (χ0) is 17.9. The summed E-state index contributed by atoms with van der Waals surface area (Å²) in [5, 5.41) is 4.52. The number of rotatable bonds is 3. The summed E-state index contributed by atoms with van der Waals surface area (Å²) in [5.41, 5.74) is 6.69. The van der Waals surface area contributed by atoms with Gasteiger partial charge in [-0.2, -0.15) is 5.10 Å². The summed E-state index contributed by atoms with van der Waals surface area (Å²) in [4.78, 5) is 4.66. The van der Waals surface area contributed by atoms with E-state index < -0.39 is 0 Å². The number of nitrogens with zero attached hydrogens (tertiary/aromatic N) is 2. The van der Waals surface area contributed by atoms with Crippen LogP contribution in [0, 0.1) is 5.82 Å². The van der Waals surface area contributed by atoms with Crippen LogP contribution in [0.2, 0.25) is 0 Å². The topological polar surface area (TPSA) is 46.0 Å². The van der Waals surface area contributed by atoms with E-state index in [4.69, 9.17) is 4.74 Å². The molecule has 1 heterocycles. The first-order valence-corrected chi connectivity index (χ1v) is 8.17. The van der Waals surface area contributed by atoms with Crippen LogP contribution in [0.5, 0.6) is 5.75 Å². The second kappa shape index (κ2) is 6.80. The Morgan fingerprint density at radius 3 is 2.38 bits per heavy atom. The number of ether oxygens (including phenoxy) is 1. The van der Waals surface area contributed by atoms with Crippen molar-refractivity contribution < 1.29 is 9.13 Å². The summed E-state index contributed by atoms with van der Waals surface area (Å²) < 4.78 is 19.1. The Morgan fingerprint density at radius 2 is 1.65 bits per heavy atom. The van der Waals surface area contributed by atoms with Gasteiger partial charge in [-0.15, -0.1) is 0 Å². The maximum absolute atomic E-state index is 13.9. The van der Waals surface area contributed by atoms with Crippen LogP contribution in [0.15, 0.2) is 82.9 Å². The van der Waals surface area contributed by atoms with Crippen LogP contribution in [-0.2, 0) is 0 Å². The average molecular weight is 345 g/mol. The highest BCUT2D eigenvalue weighted by atomic mass is 19.1. The molecule has 0 saturated carbocycles. The Hall–Kier alpha value is -3.47. The fourth-order valence-electron chi connectivity index (χ4n) is 2.80. The Balaban J connectivity index is 1.84. The summed E-state index contributed by atoms with van der Waals surface area (Å²) in [7, 11) is 1.62. The molecule has 0 spiro atoms. The largest absolute Gasteiger partial charge is 0.497 e. The lowest BCUT2D eigenvalue weighted by atomic mass is 10.0. The molecule has 4 rings (SSSR count).